The van der Waals surface area contributed by atoms with Gasteiger partial charge in [0.2, 0.25) is 5.91 Å². The molecular formula is C24H24ClF3N4OS. The van der Waals surface area contributed by atoms with Crippen molar-refractivity contribution < 1.29 is 22.1 Å². The van der Waals surface area contributed by atoms with Gasteiger partial charge >= 0.3 is 6.18 Å². The van der Waals surface area contributed by atoms with Crippen LogP contribution < -0.4 is 0 Å². The summed E-state index contributed by atoms with van der Waals surface area (Å²) < 4.78 is 65.4. The van der Waals surface area contributed by atoms with Crippen LogP contribution in [0.1, 0.15) is 31.7 Å². The number of rotatable bonds is 5. The van der Waals surface area contributed by atoms with Gasteiger partial charge in [-0.3, -0.25) is 9.48 Å². The zero-order valence-electron chi connectivity index (χ0n) is 21.4. The molecule has 4 rings (SSSR count). The largest absolute Gasteiger partial charge is 0.435 e. The Morgan fingerprint density at radius 2 is 2.09 bits per heavy atom. The van der Waals surface area contributed by atoms with E-state index in [-0.39, 0.29) is 23.6 Å². The molecule has 34 heavy (non-hydrogen) atoms. The monoisotopic (exact) mass is 511 g/mol. The number of aryl methyl sites for hydroxylation is 1. The van der Waals surface area contributed by atoms with Crippen molar-refractivity contribution in [3.63, 3.8) is 0 Å². The third kappa shape index (κ3) is 5.06. The Kier molecular flexibility index (Phi) is 5.83. The minimum atomic E-state index is -4.87. The number of alkyl halides is 3. The van der Waals surface area contributed by atoms with Crippen LogP contribution in [0.15, 0.2) is 48.7 Å². The van der Waals surface area contributed by atoms with Crippen molar-refractivity contribution in [1.82, 2.24) is 19.6 Å². The molecule has 0 bridgehead atoms. The normalized spacial score (nSPS) is 18.1. The molecular weight excluding hydrogens is 485 g/mol. The van der Waals surface area contributed by atoms with E-state index < -0.39 is 24.8 Å². The molecule has 0 unspecified atom stereocenters. The first kappa shape index (κ1) is 20.7. The average Bonchev–Trinajstić information content (AvgIpc) is 3.41. The topological polar surface area (TPSA) is 41.4 Å². The average molecular weight is 512 g/mol. The Hall–Kier alpha value is -2.62. The summed E-state index contributed by atoms with van der Waals surface area (Å²) in [5.41, 5.74) is -0.0726. The van der Waals surface area contributed by atoms with Crippen LogP contribution in [0.25, 0.3) is 11.1 Å². The van der Waals surface area contributed by atoms with E-state index in [1.807, 2.05) is 19.0 Å². The van der Waals surface area contributed by atoms with Gasteiger partial charge in [-0.15, -0.1) is 11.3 Å². The Morgan fingerprint density at radius 1 is 1.32 bits per heavy atom. The van der Waals surface area contributed by atoms with Crippen molar-refractivity contribution in [2.45, 2.75) is 18.6 Å². The summed E-state index contributed by atoms with van der Waals surface area (Å²) in [6.07, 6.45) is -0.722. The predicted octanol–water partition coefficient (Wildman–Crippen LogP) is 5.41. The van der Waals surface area contributed by atoms with Crippen LogP contribution in [0, 0.1) is 0 Å². The predicted molar refractivity (Wildman–Crippen MR) is 128 cm³/mol. The lowest BCUT2D eigenvalue weighted by molar-refractivity contribution is -0.141. The minimum Gasteiger partial charge on any atom is -0.333 e. The molecule has 3 heterocycles. The molecule has 3 aromatic rings. The number of likely N-dealkylation sites (N-methyl/N-ethyl adjacent to an activating group) is 1. The van der Waals surface area contributed by atoms with Crippen LogP contribution in [-0.2, 0) is 24.5 Å². The molecule has 1 amide bonds. The van der Waals surface area contributed by atoms with Gasteiger partial charge in [-0.2, -0.15) is 18.3 Å². The second kappa shape index (κ2) is 9.56. The molecule has 0 fully saturated rings. The van der Waals surface area contributed by atoms with Gasteiger partial charge in [-0.25, -0.2) is 0 Å². The Balaban J connectivity index is 1.82. The molecule has 5 nitrogen and oxygen atoms in total. The fourth-order valence-electron chi connectivity index (χ4n) is 4.11. The summed E-state index contributed by atoms with van der Waals surface area (Å²) in [7, 11) is 3.76. The van der Waals surface area contributed by atoms with E-state index >= 15 is 0 Å². The number of fused-ring (bicyclic) bond motifs is 1. The quantitative estimate of drug-likeness (QED) is 0.430. The molecule has 10 heteroatoms. The van der Waals surface area contributed by atoms with Gasteiger partial charge in [0.05, 0.1) is 10.9 Å². The van der Waals surface area contributed by atoms with Gasteiger partial charge in [-0.1, -0.05) is 41.9 Å². The highest BCUT2D eigenvalue weighted by Crippen LogP contribution is 2.44. The van der Waals surface area contributed by atoms with Crippen molar-refractivity contribution in [2.24, 2.45) is 6.98 Å². The van der Waals surface area contributed by atoms with Crippen molar-refractivity contribution in [2.75, 3.05) is 27.2 Å². The first-order chi connectivity index (χ1) is 17.3. The van der Waals surface area contributed by atoms with E-state index in [1.54, 1.807) is 35.2 Å². The Labute approximate surface area is 209 Å². The zero-order chi connectivity index (χ0) is 27.1. The van der Waals surface area contributed by atoms with E-state index in [0.717, 1.165) is 16.6 Å². The number of thiophene rings is 1. The van der Waals surface area contributed by atoms with E-state index in [0.29, 0.717) is 27.7 Å². The molecule has 0 saturated heterocycles. The summed E-state index contributed by atoms with van der Waals surface area (Å²) in [4.78, 5) is 17.4. The molecule has 0 spiro atoms. The van der Waals surface area contributed by atoms with Crippen LogP contribution in [0.4, 0.5) is 13.2 Å². The summed E-state index contributed by atoms with van der Waals surface area (Å²) in [6, 6.07) is 8.27. The zero-order valence-corrected chi connectivity index (χ0v) is 20.0. The van der Waals surface area contributed by atoms with E-state index in [9.17, 15) is 18.0 Å². The Morgan fingerprint density at radius 3 is 2.79 bits per heavy atom. The van der Waals surface area contributed by atoms with Crippen LogP contribution in [0.5, 0.6) is 0 Å². The van der Waals surface area contributed by atoms with Gasteiger partial charge in [0.25, 0.3) is 0 Å². The smallest absolute Gasteiger partial charge is 0.333 e. The fraction of sp³-hybridized carbons (Fsp3) is 0.333. The van der Waals surface area contributed by atoms with E-state index in [2.05, 4.69) is 5.10 Å². The number of benzene rings is 1. The molecule has 0 radical (unpaired) electrons. The van der Waals surface area contributed by atoms with Crippen LogP contribution in [-0.4, -0.2) is 52.7 Å². The maximum atomic E-state index is 14.0. The molecule has 180 valence electrons. The van der Waals surface area contributed by atoms with Crippen molar-refractivity contribution >= 4 is 28.8 Å². The molecule has 0 saturated carbocycles. The summed E-state index contributed by atoms with van der Waals surface area (Å²) >= 11 is 7.64. The van der Waals surface area contributed by atoms with Crippen molar-refractivity contribution in [1.29, 1.82) is 0 Å². The summed E-state index contributed by atoms with van der Waals surface area (Å²) in [5.74, 6) is -0.696. The second-order valence-electron chi connectivity index (χ2n) is 8.29. The second-order valence-corrected chi connectivity index (χ2v) is 10.1. The summed E-state index contributed by atoms with van der Waals surface area (Å²) in [6.45, 7) is -1.75. The highest BCUT2D eigenvalue weighted by molar-refractivity contribution is 7.16. The highest BCUT2D eigenvalue weighted by atomic mass is 35.5. The number of hydrogen-bond acceptors (Lipinski definition) is 4. The third-order valence-electron chi connectivity index (χ3n) is 5.58. The third-order valence-corrected chi connectivity index (χ3v) is 6.84. The highest BCUT2D eigenvalue weighted by Gasteiger charge is 2.39. The molecule has 0 aliphatic carbocycles. The number of carbonyl (C=O) groups excluding carboxylic acids is 1. The number of carbonyl (C=O) groups is 1. The first-order valence-corrected chi connectivity index (χ1v) is 11.6. The van der Waals surface area contributed by atoms with Gasteiger partial charge < -0.3 is 9.80 Å². The van der Waals surface area contributed by atoms with Crippen molar-refractivity contribution in [3.8, 4) is 11.1 Å². The molecule has 1 aliphatic rings. The van der Waals surface area contributed by atoms with Gasteiger partial charge in [-0.05, 0) is 36.9 Å². The summed E-state index contributed by atoms with van der Waals surface area (Å²) in [5, 5.41) is 3.39. The van der Waals surface area contributed by atoms with E-state index in [4.69, 9.17) is 15.7 Å². The molecule has 1 atom stereocenters. The van der Waals surface area contributed by atoms with Gasteiger partial charge in [0, 0.05) is 52.8 Å². The number of aromatic nitrogens is 2. The molecule has 0 N–H and O–H groups in total. The molecule has 1 aliphatic heterocycles. The van der Waals surface area contributed by atoms with Crippen LogP contribution in [0.3, 0.4) is 0 Å². The molecule has 2 aromatic heterocycles. The standard InChI is InChI=1S/C24H24ClF3N4OS/c1-30(2)10-6-9-22(33)32-13-18(17-11-21(25)34-20(17)14-32)15-7-4-5-8-16(15)19-12-31(3)29-23(19)24(26,27)28/h4-9,11-12,18H,10,13-14H2,1-3H3/b9-6+/t18-/m0/s1/i3D3. The number of nitrogens with zero attached hydrogens (tertiary/aromatic N) is 4. The molecule has 1 aromatic carbocycles. The van der Waals surface area contributed by atoms with E-state index in [1.165, 1.54) is 23.5 Å². The number of amides is 1. The fourth-order valence-corrected chi connectivity index (χ4v) is 5.47. The Bertz CT molecular complexity index is 1330. The van der Waals surface area contributed by atoms with Gasteiger partial charge in [0.15, 0.2) is 5.69 Å². The van der Waals surface area contributed by atoms with Crippen LogP contribution in [0.2, 0.25) is 4.34 Å². The SMILES string of the molecule is [2H]C([2H])([2H])n1cc(-c2ccccc2[C@@H]2CN(C(=O)/C=C/CN(C)C)Cc3sc(Cl)cc32)c(C(F)(F)F)n1. The van der Waals surface area contributed by atoms with Crippen LogP contribution >= 0.6 is 22.9 Å². The maximum Gasteiger partial charge on any atom is 0.435 e. The lowest BCUT2D eigenvalue weighted by Crippen LogP contribution is -2.37. The number of halogens is 4. The van der Waals surface area contributed by atoms with Crippen molar-refractivity contribution in [3.05, 3.63) is 74.7 Å². The van der Waals surface area contributed by atoms with Gasteiger partial charge in [0.1, 0.15) is 0 Å². The number of hydrogen-bond donors (Lipinski definition) is 0. The first-order valence-electron chi connectivity index (χ1n) is 11.9. The maximum absolute atomic E-state index is 14.0. The minimum absolute atomic E-state index is 0.195. The lowest BCUT2D eigenvalue weighted by Gasteiger charge is -2.33. The lowest BCUT2D eigenvalue weighted by atomic mass is 9.84.